The molecule has 0 aliphatic heterocycles. The Kier molecular flexibility index (Phi) is 34.9. The molecule has 8 nitrogen and oxygen atoms in total. The molecule has 0 unspecified atom stereocenters. The second kappa shape index (κ2) is 36.5. The monoisotopic (exact) mass is 722 g/mol. The summed E-state index contributed by atoms with van der Waals surface area (Å²) in [5.74, 6) is -0.953. The first kappa shape index (κ1) is 47.8. The fraction of sp³-hybridized carbons (Fsp3) is 0.707. The number of rotatable bonds is 35. The number of carbonyl (C=O) groups excluding carboxylic acids is 2. The van der Waals surface area contributed by atoms with Gasteiger partial charge in [-0.15, -0.1) is 0 Å². The summed E-state index contributed by atoms with van der Waals surface area (Å²) in [6.07, 6.45) is 45.2. The van der Waals surface area contributed by atoms with Crippen molar-refractivity contribution in [3.8, 4) is 0 Å². The topological polar surface area (TPSA) is 119 Å². The minimum Gasteiger partial charge on any atom is -0.462 e. The third-order valence-corrected chi connectivity index (χ3v) is 8.54. The molecule has 0 aliphatic rings. The fourth-order valence-corrected chi connectivity index (χ4v) is 5.53. The van der Waals surface area contributed by atoms with Gasteiger partial charge in [-0.05, 0) is 51.4 Å². The van der Waals surface area contributed by atoms with E-state index in [1.165, 1.54) is 77.0 Å². The number of esters is 2. The van der Waals surface area contributed by atoms with Gasteiger partial charge in [0.05, 0.1) is 6.61 Å². The maximum atomic E-state index is 12.4. The van der Waals surface area contributed by atoms with Crippen LogP contribution in [0, 0.1) is 0 Å². The van der Waals surface area contributed by atoms with Gasteiger partial charge < -0.3 is 19.3 Å². The van der Waals surface area contributed by atoms with E-state index in [1.807, 2.05) is 12.2 Å². The Morgan fingerprint density at radius 3 is 1.42 bits per heavy atom. The summed E-state index contributed by atoms with van der Waals surface area (Å²) in [7, 11) is -4.77. The molecule has 288 valence electrons. The predicted molar refractivity (Wildman–Crippen MR) is 207 cm³/mol. The number of unbranched alkanes of at least 4 members (excludes halogenated alkanes) is 15. The number of carbonyl (C=O) groups is 2. The predicted octanol–water partition coefficient (Wildman–Crippen LogP) is 11.7. The van der Waals surface area contributed by atoms with Crippen LogP contribution in [-0.4, -0.2) is 41.0 Å². The average molecular weight is 723 g/mol. The number of hydrogen-bond acceptors (Lipinski definition) is 6. The van der Waals surface area contributed by atoms with Crippen molar-refractivity contribution in [2.24, 2.45) is 0 Å². The number of phosphoric ester groups is 1. The van der Waals surface area contributed by atoms with Crippen LogP contribution in [0.5, 0.6) is 0 Å². The van der Waals surface area contributed by atoms with Gasteiger partial charge in [-0.2, -0.15) is 0 Å². The molecule has 9 heteroatoms. The van der Waals surface area contributed by atoms with Crippen LogP contribution in [0.2, 0.25) is 0 Å². The summed E-state index contributed by atoms with van der Waals surface area (Å²) in [6.45, 7) is 3.52. The molecule has 0 fully saturated rings. The third kappa shape index (κ3) is 38.6. The van der Waals surface area contributed by atoms with Crippen molar-refractivity contribution in [1.82, 2.24) is 0 Å². The van der Waals surface area contributed by atoms with Crippen LogP contribution in [0.1, 0.15) is 168 Å². The molecule has 0 aliphatic carbocycles. The van der Waals surface area contributed by atoms with Crippen molar-refractivity contribution >= 4 is 19.8 Å². The van der Waals surface area contributed by atoms with E-state index in [0.29, 0.717) is 12.8 Å². The molecule has 0 heterocycles. The largest absolute Gasteiger partial charge is 0.469 e. The Bertz CT molecular complexity index is 995. The van der Waals surface area contributed by atoms with Gasteiger partial charge in [0.2, 0.25) is 0 Å². The van der Waals surface area contributed by atoms with Crippen molar-refractivity contribution in [2.45, 2.75) is 174 Å². The van der Waals surface area contributed by atoms with Gasteiger partial charge in [0.15, 0.2) is 6.10 Å². The van der Waals surface area contributed by atoms with Gasteiger partial charge in [0.25, 0.3) is 0 Å². The lowest BCUT2D eigenvalue weighted by molar-refractivity contribution is -0.161. The minimum absolute atomic E-state index is 0.133. The van der Waals surface area contributed by atoms with E-state index in [2.05, 4.69) is 67.0 Å². The fourth-order valence-electron chi connectivity index (χ4n) is 5.17. The molecule has 0 aromatic carbocycles. The highest BCUT2D eigenvalue weighted by Gasteiger charge is 2.22. The lowest BCUT2D eigenvalue weighted by Gasteiger charge is -2.18. The molecule has 0 aromatic rings. The summed E-state index contributed by atoms with van der Waals surface area (Å²) >= 11 is 0. The highest BCUT2D eigenvalue weighted by molar-refractivity contribution is 7.46. The van der Waals surface area contributed by atoms with Gasteiger partial charge in [-0.1, -0.05) is 164 Å². The van der Waals surface area contributed by atoms with Crippen molar-refractivity contribution < 1.29 is 37.9 Å². The molecule has 0 bridgehead atoms. The molecule has 0 spiro atoms. The summed E-state index contributed by atoms with van der Waals surface area (Å²) in [5, 5.41) is 0. The van der Waals surface area contributed by atoms with Gasteiger partial charge in [0.1, 0.15) is 6.61 Å². The molecule has 0 saturated heterocycles. The first-order valence-corrected chi connectivity index (χ1v) is 21.1. The molecule has 0 aromatic heterocycles. The van der Waals surface area contributed by atoms with E-state index in [-0.39, 0.29) is 19.4 Å². The maximum absolute atomic E-state index is 12.4. The van der Waals surface area contributed by atoms with E-state index in [4.69, 9.17) is 19.3 Å². The van der Waals surface area contributed by atoms with Crippen LogP contribution in [0.15, 0.2) is 60.8 Å². The zero-order valence-corrected chi connectivity index (χ0v) is 32.4. The third-order valence-electron chi connectivity index (χ3n) is 8.05. The zero-order chi connectivity index (χ0) is 36.8. The normalized spacial score (nSPS) is 13.1. The Labute approximate surface area is 305 Å². The smallest absolute Gasteiger partial charge is 0.462 e. The van der Waals surface area contributed by atoms with Gasteiger partial charge in [0, 0.05) is 12.8 Å². The highest BCUT2D eigenvalue weighted by atomic mass is 31.2. The van der Waals surface area contributed by atoms with Crippen LogP contribution >= 0.6 is 7.82 Å². The molecule has 50 heavy (non-hydrogen) atoms. The molecule has 1 atom stereocenters. The molecule has 0 radical (unpaired) electrons. The summed E-state index contributed by atoms with van der Waals surface area (Å²) in [6, 6.07) is 0. The van der Waals surface area contributed by atoms with E-state index in [0.717, 1.165) is 51.4 Å². The quantitative estimate of drug-likeness (QED) is 0.0287. The average Bonchev–Trinajstić information content (AvgIpc) is 3.08. The van der Waals surface area contributed by atoms with Crippen LogP contribution in [0.25, 0.3) is 0 Å². The van der Waals surface area contributed by atoms with Crippen molar-refractivity contribution in [1.29, 1.82) is 0 Å². The Morgan fingerprint density at radius 1 is 0.540 bits per heavy atom. The Hall–Kier alpha value is -2.25. The summed E-state index contributed by atoms with van der Waals surface area (Å²) in [4.78, 5) is 42.7. The van der Waals surface area contributed by atoms with Crippen LogP contribution in [0.3, 0.4) is 0 Å². The number of phosphoric acid groups is 1. The molecule has 0 rings (SSSR count). The van der Waals surface area contributed by atoms with E-state index >= 15 is 0 Å². The lowest BCUT2D eigenvalue weighted by Crippen LogP contribution is -2.29. The van der Waals surface area contributed by atoms with Crippen LogP contribution < -0.4 is 0 Å². The zero-order valence-electron chi connectivity index (χ0n) is 31.5. The minimum atomic E-state index is -4.77. The maximum Gasteiger partial charge on any atom is 0.469 e. The first-order valence-electron chi connectivity index (χ1n) is 19.6. The van der Waals surface area contributed by atoms with E-state index in [9.17, 15) is 14.2 Å². The molecular weight excluding hydrogens is 651 g/mol. The van der Waals surface area contributed by atoms with Crippen molar-refractivity contribution in [2.75, 3.05) is 13.2 Å². The Morgan fingerprint density at radius 2 is 0.960 bits per heavy atom. The molecular formula is C41H71O8P. The molecule has 0 saturated carbocycles. The summed E-state index contributed by atoms with van der Waals surface area (Å²) in [5.41, 5.74) is 0. The Balaban J connectivity index is 4.05. The summed E-state index contributed by atoms with van der Waals surface area (Å²) < 4.78 is 26.3. The molecule has 0 amide bonds. The highest BCUT2D eigenvalue weighted by Crippen LogP contribution is 2.36. The first-order chi connectivity index (χ1) is 24.3. The molecule has 2 N–H and O–H groups in total. The van der Waals surface area contributed by atoms with Gasteiger partial charge in [-0.3, -0.25) is 14.1 Å². The standard InChI is InChI=1S/C41H71O8P/c1-3-5-7-9-11-13-15-17-19-20-22-24-26-28-30-32-34-36-41(43)49-39(38-48-50(44,45)46)37-47-40(42)35-33-31-29-27-25-23-21-18-16-14-12-10-8-6-4-2/h5,7,11,13,17,19,22,24,28,30,39H,3-4,6,8-10,12,14-16,18,20-21,23,25-27,29,31-38H2,1-2H3,(H2,44,45,46)/b7-5+,13-11+,19-17+,24-22+,30-28+/t39-/m1/s1. The number of allylic oxidation sites excluding steroid dienone is 10. The second-order valence-corrected chi connectivity index (χ2v) is 14.1. The van der Waals surface area contributed by atoms with Gasteiger partial charge >= 0.3 is 19.8 Å². The SMILES string of the molecule is CC/C=C/C/C=C/C/C=C/C/C=C/C/C=C/CCCC(=O)O[C@H](COC(=O)CCCCCCCCCCCCCCCCC)COP(=O)(O)O. The van der Waals surface area contributed by atoms with Gasteiger partial charge in [-0.25, -0.2) is 4.57 Å². The van der Waals surface area contributed by atoms with E-state index in [1.54, 1.807) is 0 Å². The van der Waals surface area contributed by atoms with Crippen molar-refractivity contribution in [3.05, 3.63) is 60.8 Å². The van der Waals surface area contributed by atoms with Crippen LogP contribution in [-0.2, 0) is 28.2 Å². The number of ether oxygens (including phenoxy) is 2. The number of hydrogen-bond donors (Lipinski definition) is 2. The lowest BCUT2D eigenvalue weighted by atomic mass is 10.0. The van der Waals surface area contributed by atoms with E-state index < -0.39 is 32.5 Å². The van der Waals surface area contributed by atoms with Crippen LogP contribution in [0.4, 0.5) is 0 Å². The van der Waals surface area contributed by atoms with Crippen molar-refractivity contribution in [3.63, 3.8) is 0 Å². The second-order valence-electron chi connectivity index (χ2n) is 12.9.